The number of halogens is 7. The Morgan fingerprint density at radius 2 is 1.32 bits per heavy atom. The van der Waals surface area contributed by atoms with E-state index in [-0.39, 0.29) is 25.0 Å². The van der Waals surface area contributed by atoms with E-state index in [1.807, 2.05) is 0 Å². The molecule has 4 rings (SSSR count). The summed E-state index contributed by atoms with van der Waals surface area (Å²) < 4.78 is 113. The van der Waals surface area contributed by atoms with Crippen LogP contribution in [0.25, 0.3) is 0 Å². The predicted octanol–water partition coefficient (Wildman–Crippen LogP) is 7.24. The summed E-state index contributed by atoms with van der Waals surface area (Å²) in [4.78, 5) is 0. The molecular weight excluding hydrogens is 469 g/mol. The number of alkyl halides is 2. The third kappa shape index (κ3) is 5.17. The van der Waals surface area contributed by atoms with Crippen LogP contribution in [-0.4, -0.2) is 13.2 Å². The number of hydrogen-bond acceptors (Lipinski definition) is 3. The molecule has 1 saturated heterocycles. The minimum atomic E-state index is -4.65. The van der Waals surface area contributed by atoms with Crippen LogP contribution in [0.3, 0.4) is 0 Å². The molecule has 0 N–H and O–H groups in total. The highest BCUT2D eigenvalue weighted by Crippen LogP contribution is 2.40. The van der Waals surface area contributed by atoms with Crippen molar-refractivity contribution in [2.24, 2.45) is 17.8 Å². The smallest absolute Gasteiger partial charge is 0.429 e. The molecule has 1 aliphatic carbocycles. The van der Waals surface area contributed by atoms with Crippen molar-refractivity contribution in [3.63, 3.8) is 0 Å². The third-order valence-electron chi connectivity index (χ3n) is 6.48. The molecule has 0 aromatic heterocycles. The van der Waals surface area contributed by atoms with Crippen molar-refractivity contribution in [3.05, 3.63) is 64.5 Å². The Balaban J connectivity index is 0.00000342. The summed E-state index contributed by atoms with van der Waals surface area (Å²) in [5.41, 5.74) is -1.91. The van der Waals surface area contributed by atoms with E-state index >= 15 is 0 Å². The van der Waals surface area contributed by atoms with Gasteiger partial charge in [-0.25, -0.2) is 22.0 Å². The van der Waals surface area contributed by atoms with Crippen molar-refractivity contribution >= 4 is 0 Å². The van der Waals surface area contributed by atoms with Crippen LogP contribution in [0.15, 0.2) is 24.3 Å². The summed E-state index contributed by atoms with van der Waals surface area (Å²) in [7, 11) is 0. The van der Waals surface area contributed by atoms with Gasteiger partial charge >= 0.3 is 6.11 Å². The van der Waals surface area contributed by atoms with Crippen LogP contribution in [-0.2, 0) is 15.6 Å². The van der Waals surface area contributed by atoms with Gasteiger partial charge in [-0.2, -0.15) is 8.78 Å². The maximum atomic E-state index is 14.6. The molecule has 1 heterocycles. The van der Waals surface area contributed by atoms with Crippen LogP contribution in [0.5, 0.6) is 5.75 Å². The highest BCUT2D eigenvalue weighted by molar-refractivity contribution is 5.32. The first kappa shape index (κ1) is 24.8. The molecule has 0 unspecified atom stereocenters. The van der Waals surface area contributed by atoms with Crippen LogP contribution < -0.4 is 4.74 Å². The van der Waals surface area contributed by atoms with E-state index < -0.39 is 52.8 Å². The lowest BCUT2D eigenvalue weighted by molar-refractivity contribution is -0.215. The molecule has 0 amide bonds. The monoisotopic (exact) mass is 494 g/mol. The number of ether oxygens (including phenoxy) is 3. The molecule has 2 aromatic rings. The molecule has 2 aromatic carbocycles. The second kappa shape index (κ2) is 9.73. The zero-order chi connectivity index (χ0) is 24.6. The van der Waals surface area contributed by atoms with Crippen molar-refractivity contribution in [1.29, 1.82) is 0 Å². The number of rotatable bonds is 5. The first-order valence-corrected chi connectivity index (χ1v) is 11.0. The topological polar surface area (TPSA) is 27.7 Å². The van der Waals surface area contributed by atoms with Gasteiger partial charge in [-0.05, 0) is 36.8 Å². The molecule has 1 aliphatic heterocycles. The molecule has 1 saturated carbocycles. The lowest BCUT2D eigenvalue weighted by Gasteiger charge is -2.37. The Morgan fingerprint density at radius 3 is 1.85 bits per heavy atom. The van der Waals surface area contributed by atoms with Crippen molar-refractivity contribution in [3.8, 4) is 5.75 Å². The minimum Gasteiger partial charge on any atom is -0.429 e. The first-order chi connectivity index (χ1) is 16.0. The third-order valence-corrected chi connectivity index (χ3v) is 6.48. The maximum Gasteiger partial charge on any atom is 0.432 e. The van der Waals surface area contributed by atoms with Gasteiger partial charge in [0, 0.05) is 25.0 Å². The van der Waals surface area contributed by atoms with Gasteiger partial charge in [-0.1, -0.05) is 19.8 Å². The molecular formula is C24H25F7O3. The van der Waals surface area contributed by atoms with Crippen LogP contribution >= 0.6 is 0 Å². The zero-order valence-electron chi connectivity index (χ0n) is 18.2. The lowest BCUT2D eigenvalue weighted by atomic mass is 9.76. The highest BCUT2D eigenvalue weighted by Gasteiger charge is 2.42. The Labute approximate surface area is 193 Å². The van der Waals surface area contributed by atoms with Crippen LogP contribution in [0, 0.1) is 46.8 Å². The fraction of sp³-hybridized carbons (Fsp3) is 0.500. The normalized spacial score (nSPS) is 25.9. The van der Waals surface area contributed by atoms with E-state index in [2.05, 4.69) is 11.7 Å². The summed E-state index contributed by atoms with van der Waals surface area (Å²) in [5, 5.41) is 0. The minimum absolute atomic E-state index is 0. The SMILES string of the molecule is CC1CCC(C2COC(c3cc(F)c(C(F)(F)Oc4cc(F)c(F)c(F)c4)c(F)c3)OC2)CC1.[HH]. The first-order valence-electron chi connectivity index (χ1n) is 11.0. The molecule has 0 atom stereocenters. The molecule has 10 heteroatoms. The molecule has 2 aliphatic rings. The van der Waals surface area contributed by atoms with Gasteiger partial charge in [-0.3, -0.25) is 0 Å². The number of benzene rings is 2. The van der Waals surface area contributed by atoms with E-state index in [1.54, 1.807) is 0 Å². The van der Waals surface area contributed by atoms with E-state index in [4.69, 9.17) is 9.47 Å². The molecule has 0 bridgehead atoms. The number of hydrogen-bond donors (Lipinski definition) is 0. The lowest BCUT2D eigenvalue weighted by Crippen LogP contribution is -2.34. The summed E-state index contributed by atoms with van der Waals surface area (Å²) in [6.07, 6.45) is -1.44. The van der Waals surface area contributed by atoms with Crippen LogP contribution in [0.2, 0.25) is 0 Å². The molecule has 0 radical (unpaired) electrons. The van der Waals surface area contributed by atoms with Gasteiger partial charge in [0.2, 0.25) is 0 Å². The largest absolute Gasteiger partial charge is 0.432 e. The fourth-order valence-electron chi connectivity index (χ4n) is 4.54. The maximum absolute atomic E-state index is 14.6. The molecule has 188 valence electrons. The average molecular weight is 494 g/mol. The highest BCUT2D eigenvalue weighted by atomic mass is 19.3. The summed E-state index contributed by atoms with van der Waals surface area (Å²) >= 11 is 0. The Kier molecular flexibility index (Phi) is 7.09. The summed E-state index contributed by atoms with van der Waals surface area (Å²) in [6, 6.07) is 1.55. The van der Waals surface area contributed by atoms with Crippen LogP contribution in [0.1, 0.15) is 51.5 Å². The van der Waals surface area contributed by atoms with Gasteiger partial charge < -0.3 is 14.2 Å². The van der Waals surface area contributed by atoms with E-state index in [0.717, 1.165) is 25.7 Å². The van der Waals surface area contributed by atoms with Crippen molar-refractivity contribution in [2.45, 2.75) is 45.0 Å². The Hall–Kier alpha value is -2.33. The van der Waals surface area contributed by atoms with Gasteiger partial charge in [0.05, 0.1) is 13.2 Å². The fourth-order valence-corrected chi connectivity index (χ4v) is 4.54. The Bertz CT molecular complexity index is 990. The quantitative estimate of drug-likeness (QED) is 0.324. The van der Waals surface area contributed by atoms with Gasteiger partial charge in [0.25, 0.3) is 0 Å². The molecule has 2 fully saturated rings. The van der Waals surface area contributed by atoms with Crippen molar-refractivity contribution in [2.75, 3.05) is 13.2 Å². The summed E-state index contributed by atoms with van der Waals surface area (Å²) in [6.45, 7) is 2.84. The van der Waals surface area contributed by atoms with Gasteiger partial charge in [0.1, 0.15) is 22.9 Å². The Morgan fingerprint density at radius 1 is 0.794 bits per heavy atom. The molecule has 3 nitrogen and oxygen atoms in total. The van der Waals surface area contributed by atoms with Crippen molar-refractivity contribution in [1.82, 2.24) is 0 Å². The van der Waals surface area contributed by atoms with Gasteiger partial charge in [0.15, 0.2) is 23.7 Å². The second-order valence-electron chi connectivity index (χ2n) is 8.96. The second-order valence-corrected chi connectivity index (χ2v) is 8.96. The predicted molar refractivity (Wildman–Crippen MR) is 109 cm³/mol. The van der Waals surface area contributed by atoms with E-state index in [9.17, 15) is 30.7 Å². The summed E-state index contributed by atoms with van der Waals surface area (Å²) in [5.74, 6) is -8.71. The van der Waals surface area contributed by atoms with E-state index in [0.29, 0.717) is 37.2 Å². The zero-order valence-corrected chi connectivity index (χ0v) is 18.2. The van der Waals surface area contributed by atoms with Crippen LogP contribution in [0.4, 0.5) is 30.7 Å². The molecule has 0 spiro atoms. The average Bonchev–Trinajstić information content (AvgIpc) is 2.77. The van der Waals surface area contributed by atoms with Gasteiger partial charge in [-0.15, -0.1) is 0 Å². The molecule has 34 heavy (non-hydrogen) atoms. The van der Waals surface area contributed by atoms with E-state index in [1.165, 1.54) is 0 Å². The van der Waals surface area contributed by atoms with Crippen molar-refractivity contribution < 1.29 is 46.4 Å². The standard InChI is InChI=1S/C24H23F7O3.H2/c1-12-2-4-13(5-3-12)15-10-32-23(33-11-15)14-6-17(25)21(18(26)7-14)24(30,31)34-16-8-19(27)22(29)20(28)9-16;/h6-9,12-13,15,23H,2-5,10-11H2,1H3;1H.